The van der Waals surface area contributed by atoms with Crippen molar-refractivity contribution in [2.45, 2.75) is 6.92 Å². The van der Waals surface area contributed by atoms with Gasteiger partial charge in [0.2, 0.25) is 0 Å². The number of ether oxygens (including phenoxy) is 1. The number of benzene rings is 1. The van der Waals surface area contributed by atoms with Gasteiger partial charge < -0.3 is 10.5 Å². The van der Waals surface area contributed by atoms with Crippen molar-refractivity contribution in [3.8, 4) is 17.0 Å². The number of nitrogens with two attached hydrogens (primary N) is 1. The van der Waals surface area contributed by atoms with Gasteiger partial charge in [-0.15, -0.1) is 0 Å². The minimum absolute atomic E-state index is 0.249. The van der Waals surface area contributed by atoms with Gasteiger partial charge in [0, 0.05) is 11.6 Å². The van der Waals surface area contributed by atoms with Crippen LogP contribution in [0.25, 0.3) is 11.3 Å². The van der Waals surface area contributed by atoms with Gasteiger partial charge in [0.15, 0.2) is 11.6 Å². The first-order valence-corrected chi connectivity index (χ1v) is 4.94. The third kappa shape index (κ3) is 1.98. The lowest BCUT2D eigenvalue weighted by Crippen LogP contribution is -1.94. The Kier molecular flexibility index (Phi) is 2.76. The SMILES string of the molecule is CCOc1ccc(-c2cc(N)n[nH]2)cc1F. The Labute approximate surface area is 92.2 Å². The molecule has 0 fully saturated rings. The second-order valence-corrected chi connectivity index (χ2v) is 3.28. The zero-order valence-electron chi connectivity index (χ0n) is 8.83. The maximum Gasteiger partial charge on any atom is 0.165 e. The molecule has 16 heavy (non-hydrogen) atoms. The van der Waals surface area contributed by atoms with E-state index in [-0.39, 0.29) is 5.75 Å². The van der Waals surface area contributed by atoms with Gasteiger partial charge in [-0.3, -0.25) is 5.10 Å². The van der Waals surface area contributed by atoms with Gasteiger partial charge in [-0.2, -0.15) is 5.10 Å². The highest BCUT2D eigenvalue weighted by atomic mass is 19.1. The first-order valence-electron chi connectivity index (χ1n) is 4.94. The van der Waals surface area contributed by atoms with Crippen LogP contribution in [0.2, 0.25) is 0 Å². The average Bonchev–Trinajstić information content (AvgIpc) is 2.68. The van der Waals surface area contributed by atoms with Crippen LogP contribution in [0.15, 0.2) is 24.3 Å². The smallest absolute Gasteiger partial charge is 0.165 e. The lowest BCUT2D eigenvalue weighted by Gasteiger charge is -2.05. The molecule has 4 nitrogen and oxygen atoms in total. The largest absolute Gasteiger partial charge is 0.491 e. The fourth-order valence-corrected chi connectivity index (χ4v) is 1.43. The van der Waals surface area contributed by atoms with Gasteiger partial charge in [0.1, 0.15) is 5.82 Å². The molecule has 5 heteroatoms. The molecule has 0 saturated heterocycles. The lowest BCUT2D eigenvalue weighted by molar-refractivity contribution is 0.321. The summed E-state index contributed by atoms with van der Waals surface area (Å²) in [5.41, 5.74) is 6.84. The van der Waals surface area contributed by atoms with Crippen molar-refractivity contribution in [2.24, 2.45) is 0 Å². The highest BCUT2D eigenvalue weighted by Gasteiger charge is 2.07. The number of hydrogen-bond donors (Lipinski definition) is 2. The highest BCUT2D eigenvalue weighted by Crippen LogP contribution is 2.25. The number of anilines is 1. The maximum absolute atomic E-state index is 13.5. The van der Waals surface area contributed by atoms with Crippen LogP contribution in [0.3, 0.4) is 0 Å². The Hall–Kier alpha value is -2.04. The summed E-state index contributed by atoms with van der Waals surface area (Å²) in [6.07, 6.45) is 0. The summed E-state index contributed by atoms with van der Waals surface area (Å²) in [6, 6.07) is 6.37. The predicted molar refractivity (Wildman–Crippen MR) is 59.6 cm³/mol. The van der Waals surface area contributed by atoms with Gasteiger partial charge in [0.05, 0.1) is 12.3 Å². The standard InChI is InChI=1S/C11H12FN3O/c1-2-16-10-4-3-7(5-8(10)12)9-6-11(13)15-14-9/h3-6H,2H2,1H3,(H3,13,14,15). The van der Waals surface area contributed by atoms with Gasteiger partial charge in [-0.05, 0) is 25.1 Å². The van der Waals surface area contributed by atoms with Gasteiger partial charge >= 0.3 is 0 Å². The zero-order chi connectivity index (χ0) is 11.5. The number of nitrogens with zero attached hydrogens (tertiary/aromatic N) is 1. The van der Waals surface area contributed by atoms with Gasteiger partial charge in [0.25, 0.3) is 0 Å². The molecule has 0 spiro atoms. The minimum atomic E-state index is -0.396. The second-order valence-electron chi connectivity index (χ2n) is 3.28. The first-order chi connectivity index (χ1) is 7.70. The van der Waals surface area contributed by atoms with E-state index in [1.807, 2.05) is 6.92 Å². The van der Waals surface area contributed by atoms with E-state index in [4.69, 9.17) is 10.5 Å². The molecule has 1 aromatic heterocycles. The summed E-state index contributed by atoms with van der Waals surface area (Å²) in [4.78, 5) is 0. The quantitative estimate of drug-likeness (QED) is 0.835. The highest BCUT2D eigenvalue weighted by molar-refractivity contribution is 5.62. The number of nitrogens with one attached hydrogen (secondary N) is 1. The summed E-state index contributed by atoms with van der Waals surface area (Å²) >= 11 is 0. The van der Waals surface area contributed by atoms with Crippen molar-refractivity contribution in [1.29, 1.82) is 0 Å². The molecule has 0 amide bonds. The average molecular weight is 221 g/mol. The topological polar surface area (TPSA) is 63.9 Å². The van der Waals surface area contributed by atoms with Crippen LogP contribution >= 0.6 is 0 Å². The van der Waals surface area contributed by atoms with Crippen LogP contribution < -0.4 is 10.5 Å². The van der Waals surface area contributed by atoms with Crippen molar-refractivity contribution in [1.82, 2.24) is 10.2 Å². The summed E-state index contributed by atoms with van der Waals surface area (Å²) in [7, 11) is 0. The Bertz CT molecular complexity index is 496. The Morgan fingerprint density at radius 3 is 2.81 bits per heavy atom. The summed E-state index contributed by atoms with van der Waals surface area (Å²) in [5.74, 6) is 0.232. The maximum atomic E-state index is 13.5. The zero-order valence-corrected chi connectivity index (χ0v) is 8.83. The molecule has 0 unspecified atom stereocenters. The molecular weight excluding hydrogens is 209 g/mol. The summed E-state index contributed by atoms with van der Waals surface area (Å²) < 4.78 is 18.6. The van der Waals surface area contributed by atoms with E-state index in [1.165, 1.54) is 6.07 Å². The molecule has 0 atom stereocenters. The Morgan fingerprint density at radius 2 is 2.25 bits per heavy atom. The normalized spacial score (nSPS) is 10.4. The number of halogens is 1. The fraction of sp³-hybridized carbons (Fsp3) is 0.182. The number of nitrogen functional groups attached to an aromatic ring is 1. The van der Waals surface area contributed by atoms with Crippen LogP contribution in [-0.4, -0.2) is 16.8 Å². The molecule has 2 rings (SSSR count). The van der Waals surface area contributed by atoms with Crippen LogP contribution in [-0.2, 0) is 0 Å². The summed E-state index contributed by atoms with van der Waals surface area (Å²) in [5, 5.41) is 6.50. The van der Waals surface area contributed by atoms with Crippen LogP contribution in [0, 0.1) is 5.82 Å². The number of hydrogen-bond acceptors (Lipinski definition) is 3. The van der Waals surface area contributed by atoms with Crippen molar-refractivity contribution < 1.29 is 9.13 Å². The van der Waals surface area contributed by atoms with E-state index >= 15 is 0 Å². The lowest BCUT2D eigenvalue weighted by atomic mass is 10.1. The van der Waals surface area contributed by atoms with E-state index in [2.05, 4.69) is 10.2 Å². The van der Waals surface area contributed by atoms with Crippen molar-refractivity contribution in [2.75, 3.05) is 12.3 Å². The Balaban J connectivity index is 2.34. The van der Waals surface area contributed by atoms with E-state index < -0.39 is 5.82 Å². The van der Waals surface area contributed by atoms with Gasteiger partial charge in [-0.1, -0.05) is 0 Å². The molecule has 3 N–H and O–H groups in total. The second kappa shape index (κ2) is 4.22. The fourth-order valence-electron chi connectivity index (χ4n) is 1.43. The molecule has 0 aliphatic carbocycles. The summed E-state index contributed by atoms with van der Waals surface area (Å²) in [6.45, 7) is 2.25. The molecule has 1 aromatic carbocycles. The minimum Gasteiger partial charge on any atom is -0.491 e. The number of H-pyrrole nitrogens is 1. The molecule has 84 valence electrons. The van der Waals surface area contributed by atoms with Crippen LogP contribution in [0.5, 0.6) is 5.75 Å². The molecule has 0 bridgehead atoms. The van der Waals surface area contributed by atoms with Crippen LogP contribution in [0.4, 0.5) is 10.2 Å². The van der Waals surface area contributed by atoms with E-state index in [0.29, 0.717) is 23.7 Å². The molecule has 0 aliphatic rings. The molecule has 1 heterocycles. The van der Waals surface area contributed by atoms with Crippen molar-refractivity contribution >= 4 is 5.82 Å². The third-order valence-corrected chi connectivity index (χ3v) is 2.14. The number of aromatic nitrogens is 2. The molecular formula is C11H12FN3O. The van der Waals surface area contributed by atoms with Crippen molar-refractivity contribution in [3.05, 3.63) is 30.1 Å². The number of aromatic amines is 1. The molecule has 0 saturated carbocycles. The Morgan fingerprint density at radius 1 is 1.44 bits per heavy atom. The van der Waals surface area contributed by atoms with Crippen molar-refractivity contribution in [3.63, 3.8) is 0 Å². The third-order valence-electron chi connectivity index (χ3n) is 2.14. The van der Waals surface area contributed by atoms with Gasteiger partial charge in [-0.25, -0.2) is 4.39 Å². The molecule has 0 radical (unpaired) electrons. The molecule has 2 aromatic rings. The predicted octanol–water partition coefficient (Wildman–Crippen LogP) is 2.20. The number of rotatable bonds is 3. The van der Waals surface area contributed by atoms with E-state index in [9.17, 15) is 4.39 Å². The van der Waals surface area contributed by atoms with E-state index in [0.717, 1.165) is 0 Å². The van der Waals surface area contributed by atoms with Crippen LogP contribution in [0.1, 0.15) is 6.92 Å². The van der Waals surface area contributed by atoms with E-state index in [1.54, 1.807) is 18.2 Å². The first kappa shape index (κ1) is 10.5. The molecule has 0 aliphatic heterocycles. The monoisotopic (exact) mass is 221 g/mol.